The van der Waals surface area contributed by atoms with Crippen LogP contribution < -0.4 is 11.0 Å². The summed E-state index contributed by atoms with van der Waals surface area (Å²) in [5, 5.41) is 1.31. The van der Waals surface area contributed by atoms with Crippen molar-refractivity contribution in [3.05, 3.63) is 74.9 Å². The number of aryl methyl sites for hydroxylation is 1. The van der Waals surface area contributed by atoms with Gasteiger partial charge in [-0.15, -0.1) is 11.3 Å². The lowest BCUT2D eigenvalue weighted by atomic mass is 10.2. The molecule has 4 nitrogen and oxygen atoms in total. The lowest BCUT2D eigenvalue weighted by Crippen LogP contribution is -2.16. The molecule has 5 heteroatoms. The molecule has 0 saturated carbocycles. The van der Waals surface area contributed by atoms with E-state index in [1.54, 1.807) is 17.0 Å². The van der Waals surface area contributed by atoms with Gasteiger partial charge in [-0.3, -0.25) is 14.2 Å². The average molecular weight is 308 g/mol. The Kier molecular flexibility index (Phi) is 2.77. The minimum absolute atomic E-state index is 0.0625. The molecule has 0 amide bonds. The van der Waals surface area contributed by atoms with E-state index in [1.807, 2.05) is 37.3 Å². The van der Waals surface area contributed by atoms with E-state index in [0.29, 0.717) is 10.1 Å². The summed E-state index contributed by atoms with van der Waals surface area (Å²) in [5.74, 6) is 0. The molecule has 3 heterocycles. The van der Waals surface area contributed by atoms with E-state index in [9.17, 15) is 9.59 Å². The molecule has 0 bridgehead atoms. The van der Waals surface area contributed by atoms with Crippen molar-refractivity contribution in [3.63, 3.8) is 0 Å². The number of pyridine rings is 2. The highest BCUT2D eigenvalue weighted by molar-refractivity contribution is 7.25. The zero-order valence-electron chi connectivity index (χ0n) is 11.8. The van der Waals surface area contributed by atoms with Gasteiger partial charge in [0.2, 0.25) is 0 Å². The third-order valence-electron chi connectivity index (χ3n) is 3.76. The van der Waals surface area contributed by atoms with Crippen LogP contribution in [0.3, 0.4) is 0 Å². The molecule has 0 spiro atoms. The van der Waals surface area contributed by atoms with Crippen LogP contribution in [0.2, 0.25) is 0 Å². The van der Waals surface area contributed by atoms with Crippen LogP contribution in [-0.4, -0.2) is 9.55 Å². The first-order chi connectivity index (χ1) is 10.6. The monoisotopic (exact) mass is 308 g/mol. The second-order valence-corrected chi connectivity index (χ2v) is 6.24. The molecular weight excluding hydrogens is 296 g/mol. The normalized spacial score (nSPS) is 11.3. The Morgan fingerprint density at radius 2 is 1.82 bits per heavy atom. The van der Waals surface area contributed by atoms with Crippen molar-refractivity contribution >= 4 is 31.6 Å². The third kappa shape index (κ3) is 1.83. The van der Waals surface area contributed by atoms with Crippen LogP contribution >= 0.6 is 11.3 Å². The number of fused-ring (bicyclic) bond motifs is 3. The van der Waals surface area contributed by atoms with Crippen molar-refractivity contribution in [1.82, 2.24) is 9.55 Å². The highest BCUT2D eigenvalue weighted by Crippen LogP contribution is 2.27. The lowest BCUT2D eigenvalue weighted by molar-refractivity contribution is 1.01. The molecule has 0 saturated heterocycles. The third-order valence-corrected chi connectivity index (χ3v) is 4.88. The SMILES string of the molecule is Cc1ccc(-n2ccc3c(sc4[nH]ccc(=O)c43)c2=O)cc1. The summed E-state index contributed by atoms with van der Waals surface area (Å²) < 4.78 is 2.21. The second-order valence-electron chi connectivity index (χ2n) is 5.22. The van der Waals surface area contributed by atoms with Gasteiger partial charge < -0.3 is 4.98 Å². The van der Waals surface area contributed by atoms with E-state index >= 15 is 0 Å². The Labute approximate surface area is 129 Å². The minimum atomic E-state index is -0.102. The van der Waals surface area contributed by atoms with Gasteiger partial charge in [-0.05, 0) is 25.1 Å². The van der Waals surface area contributed by atoms with Crippen LogP contribution in [0.25, 0.3) is 26.0 Å². The Morgan fingerprint density at radius 3 is 2.59 bits per heavy atom. The number of rotatable bonds is 1. The number of benzene rings is 1. The molecule has 0 unspecified atom stereocenters. The fraction of sp³-hybridized carbons (Fsp3) is 0.0588. The number of H-pyrrole nitrogens is 1. The fourth-order valence-electron chi connectivity index (χ4n) is 2.62. The number of nitrogens with one attached hydrogen (secondary N) is 1. The van der Waals surface area contributed by atoms with Crippen LogP contribution in [0.5, 0.6) is 0 Å². The summed E-state index contributed by atoms with van der Waals surface area (Å²) >= 11 is 1.33. The minimum Gasteiger partial charge on any atom is -0.353 e. The molecule has 0 aliphatic carbocycles. The van der Waals surface area contributed by atoms with Gasteiger partial charge in [0, 0.05) is 29.5 Å². The van der Waals surface area contributed by atoms with Gasteiger partial charge in [0.25, 0.3) is 5.56 Å². The highest BCUT2D eigenvalue weighted by atomic mass is 32.1. The second kappa shape index (κ2) is 4.68. The first-order valence-electron chi connectivity index (χ1n) is 6.88. The molecular formula is C17H12N2O2S. The predicted octanol–water partition coefficient (Wildman–Crippen LogP) is 3.20. The number of hydrogen-bond donors (Lipinski definition) is 1. The molecule has 108 valence electrons. The fourth-order valence-corrected chi connectivity index (χ4v) is 3.73. The molecule has 0 radical (unpaired) electrons. The van der Waals surface area contributed by atoms with E-state index < -0.39 is 0 Å². The zero-order valence-corrected chi connectivity index (χ0v) is 12.6. The molecule has 3 aromatic heterocycles. The molecule has 1 aromatic carbocycles. The average Bonchev–Trinajstić information content (AvgIpc) is 2.90. The van der Waals surface area contributed by atoms with Gasteiger partial charge >= 0.3 is 0 Å². The summed E-state index contributed by atoms with van der Waals surface area (Å²) in [5.41, 5.74) is 1.80. The Bertz CT molecular complexity index is 1120. The quantitative estimate of drug-likeness (QED) is 0.587. The van der Waals surface area contributed by atoms with Crippen LogP contribution in [0, 0.1) is 6.92 Å². The Balaban J connectivity index is 2.08. The van der Waals surface area contributed by atoms with E-state index in [2.05, 4.69) is 4.98 Å². The Morgan fingerprint density at radius 1 is 1.05 bits per heavy atom. The van der Waals surface area contributed by atoms with Gasteiger partial charge in [-0.1, -0.05) is 17.7 Å². The number of hydrogen-bond acceptors (Lipinski definition) is 3. The molecule has 0 fully saturated rings. The largest absolute Gasteiger partial charge is 0.353 e. The van der Waals surface area contributed by atoms with Gasteiger partial charge in [-0.2, -0.15) is 0 Å². The van der Waals surface area contributed by atoms with Crippen molar-refractivity contribution in [2.24, 2.45) is 0 Å². The van der Waals surface area contributed by atoms with Gasteiger partial charge in [0.1, 0.15) is 9.53 Å². The topological polar surface area (TPSA) is 54.9 Å². The molecule has 22 heavy (non-hydrogen) atoms. The van der Waals surface area contributed by atoms with Crippen molar-refractivity contribution in [2.45, 2.75) is 6.92 Å². The summed E-state index contributed by atoms with van der Waals surface area (Å²) in [4.78, 5) is 28.6. The van der Waals surface area contributed by atoms with Gasteiger partial charge in [0.05, 0.1) is 5.39 Å². The smallest absolute Gasteiger partial charge is 0.273 e. The maximum atomic E-state index is 12.8. The Hall–Kier alpha value is -2.66. The highest BCUT2D eigenvalue weighted by Gasteiger charge is 2.13. The molecule has 0 aliphatic rings. The number of thiophene rings is 1. The molecule has 1 N–H and O–H groups in total. The molecule has 4 aromatic rings. The lowest BCUT2D eigenvalue weighted by Gasteiger charge is -2.05. The first-order valence-corrected chi connectivity index (χ1v) is 7.69. The maximum Gasteiger partial charge on any atom is 0.273 e. The van der Waals surface area contributed by atoms with Crippen LogP contribution in [0.1, 0.15) is 5.56 Å². The summed E-state index contributed by atoms with van der Waals surface area (Å²) in [6.45, 7) is 2.01. The summed E-state index contributed by atoms with van der Waals surface area (Å²) in [7, 11) is 0. The van der Waals surface area contributed by atoms with Crippen molar-refractivity contribution in [1.29, 1.82) is 0 Å². The van der Waals surface area contributed by atoms with Gasteiger partial charge in [0.15, 0.2) is 5.43 Å². The van der Waals surface area contributed by atoms with E-state index in [4.69, 9.17) is 0 Å². The summed E-state index contributed by atoms with van der Waals surface area (Å²) in [6.07, 6.45) is 3.34. The van der Waals surface area contributed by atoms with E-state index in [1.165, 1.54) is 17.4 Å². The van der Waals surface area contributed by atoms with Crippen molar-refractivity contribution in [2.75, 3.05) is 0 Å². The first kappa shape index (κ1) is 13.0. The number of aromatic amines is 1. The van der Waals surface area contributed by atoms with E-state index in [-0.39, 0.29) is 11.0 Å². The number of aromatic nitrogens is 2. The predicted molar refractivity (Wildman–Crippen MR) is 90.3 cm³/mol. The number of nitrogens with zero attached hydrogens (tertiary/aromatic N) is 1. The summed E-state index contributed by atoms with van der Waals surface area (Å²) in [6, 6.07) is 11.1. The van der Waals surface area contributed by atoms with Gasteiger partial charge in [-0.25, -0.2) is 0 Å². The van der Waals surface area contributed by atoms with Crippen LogP contribution in [0.15, 0.2) is 58.4 Å². The molecule has 0 atom stereocenters. The van der Waals surface area contributed by atoms with E-state index in [0.717, 1.165) is 21.5 Å². The van der Waals surface area contributed by atoms with Crippen LogP contribution in [-0.2, 0) is 0 Å². The molecule has 0 aliphatic heterocycles. The van der Waals surface area contributed by atoms with Crippen molar-refractivity contribution < 1.29 is 0 Å². The van der Waals surface area contributed by atoms with Crippen LogP contribution in [0.4, 0.5) is 0 Å². The molecule has 4 rings (SSSR count). The van der Waals surface area contributed by atoms with Crippen molar-refractivity contribution in [3.8, 4) is 5.69 Å². The standard InChI is InChI=1S/C17H12N2O2S/c1-10-2-4-11(5-3-10)19-9-7-12-14-13(20)6-8-18-16(14)22-15(12)17(19)21/h2-9H,1H3,(H,18,20). The maximum absolute atomic E-state index is 12.8. The zero-order chi connectivity index (χ0) is 15.3.